The van der Waals surface area contributed by atoms with Gasteiger partial charge in [0.05, 0.1) is 12.8 Å². The zero-order chi connectivity index (χ0) is 13.8. The van der Waals surface area contributed by atoms with Crippen LogP contribution in [0.2, 0.25) is 0 Å². The minimum Gasteiger partial charge on any atom is -0.496 e. The van der Waals surface area contributed by atoms with Gasteiger partial charge in [0.1, 0.15) is 5.75 Å². The van der Waals surface area contributed by atoms with Gasteiger partial charge in [-0.25, -0.2) is 4.79 Å². The van der Waals surface area contributed by atoms with Crippen LogP contribution in [-0.2, 0) is 13.6 Å². The second-order valence-electron chi connectivity index (χ2n) is 4.04. The van der Waals surface area contributed by atoms with E-state index in [1.165, 1.54) is 4.68 Å². The molecular formula is C13H15N3O3. The van der Waals surface area contributed by atoms with Gasteiger partial charge in [-0.05, 0) is 6.07 Å². The number of anilines is 1. The van der Waals surface area contributed by atoms with Gasteiger partial charge >= 0.3 is 5.97 Å². The smallest absolute Gasteiger partial charge is 0.358 e. The third kappa shape index (κ3) is 2.85. The molecule has 0 aliphatic rings. The number of ether oxygens (including phenoxy) is 1. The Morgan fingerprint density at radius 1 is 1.47 bits per heavy atom. The highest BCUT2D eigenvalue weighted by atomic mass is 16.5. The molecule has 0 unspecified atom stereocenters. The molecule has 2 rings (SSSR count). The van der Waals surface area contributed by atoms with E-state index in [1.54, 1.807) is 20.4 Å². The lowest BCUT2D eigenvalue weighted by atomic mass is 10.2. The summed E-state index contributed by atoms with van der Waals surface area (Å²) < 4.78 is 6.71. The minimum absolute atomic E-state index is 0.0115. The summed E-state index contributed by atoms with van der Waals surface area (Å²) in [4.78, 5) is 11.0. The van der Waals surface area contributed by atoms with Gasteiger partial charge in [0.15, 0.2) is 5.69 Å². The van der Waals surface area contributed by atoms with Crippen LogP contribution in [0.5, 0.6) is 5.75 Å². The molecule has 0 aliphatic carbocycles. The van der Waals surface area contributed by atoms with Gasteiger partial charge in [0.2, 0.25) is 0 Å². The van der Waals surface area contributed by atoms with Gasteiger partial charge in [-0.2, -0.15) is 5.10 Å². The molecule has 0 atom stereocenters. The van der Waals surface area contributed by atoms with Gasteiger partial charge in [0.25, 0.3) is 0 Å². The highest BCUT2D eigenvalue weighted by Gasteiger charge is 2.14. The van der Waals surface area contributed by atoms with Crippen molar-refractivity contribution in [2.45, 2.75) is 6.54 Å². The van der Waals surface area contributed by atoms with Crippen LogP contribution >= 0.6 is 0 Å². The lowest BCUT2D eigenvalue weighted by molar-refractivity contribution is 0.0690. The maximum absolute atomic E-state index is 11.0. The molecule has 0 bridgehead atoms. The summed E-state index contributed by atoms with van der Waals surface area (Å²) in [5.74, 6) is -0.293. The van der Waals surface area contributed by atoms with Crippen LogP contribution < -0.4 is 10.1 Å². The molecule has 0 saturated carbocycles. The van der Waals surface area contributed by atoms with Gasteiger partial charge in [-0.3, -0.25) is 4.68 Å². The number of rotatable bonds is 5. The Kier molecular flexibility index (Phi) is 3.70. The summed E-state index contributed by atoms with van der Waals surface area (Å²) in [5.41, 5.74) is 1.45. The summed E-state index contributed by atoms with van der Waals surface area (Å²) in [5, 5.41) is 16.0. The molecule has 0 aliphatic heterocycles. The number of aromatic carboxylic acids is 1. The Bertz CT molecular complexity index is 593. The van der Waals surface area contributed by atoms with Crippen LogP contribution in [0.3, 0.4) is 0 Å². The van der Waals surface area contributed by atoms with Crippen molar-refractivity contribution in [1.82, 2.24) is 9.78 Å². The Hall–Kier alpha value is -2.50. The Labute approximate surface area is 110 Å². The predicted octanol–water partition coefficient (Wildman–Crippen LogP) is 1.74. The molecule has 6 heteroatoms. The third-order valence-electron chi connectivity index (χ3n) is 2.69. The first kappa shape index (κ1) is 12.9. The Morgan fingerprint density at radius 2 is 2.21 bits per heavy atom. The quantitative estimate of drug-likeness (QED) is 0.857. The molecule has 19 heavy (non-hydrogen) atoms. The lowest BCUT2D eigenvalue weighted by Crippen LogP contribution is -2.06. The van der Waals surface area contributed by atoms with Crippen LogP contribution in [0, 0.1) is 0 Å². The first-order valence-electron chi connectivity index (χ1n) is 5.74. The molecule has 0 radical (unpaired) electrons. The maximum Gasteiger partial charge on any atom is 0.358 e. The van der Waals surface area contributed by atoms with Crippen LogP contribution in [0.4, 0.5) is 5.69 Å². The number of nitrogens with zero attached hydrogens (tertiary/aromatic N) is 2. The topological polar surface area (TPSA) is 76.4 Å². The Morgan fingerprint density at radius 3 is 2.89 bits per heavy atom. The summed E-state index contributed by atoms with van der Waals surface area (Å²) >= 11 is 0. The van der Waals surface area contributed by atoms with Crippen molar-refractivity contribution in [3.8, 4) is 5.75 Å². The molecule has 0 fully saturated rings. The van der Waals surface area contributed by atoms with E-state index in [2.05, 4.69) is 10.4 Å². The van der Waals surface area contributed by atoms with Gasteiger partial charge in [0, 0.05) is 25.4 Å². The standard InChI is InChI=1S/C13H15N3O3/c1-16-8-10(12(15-16)13(17)18)14-7-9-5-3-4-6-11(9)19-2/h3-6,8,14H,7H2,1-2H3,(H,17,18). The average Bonchev–Trinajstić information content (AvgIpc) is 2.78. The van der Waals surface area contributed by atoms with E-state index in [1.807, 2.05) is 24.3 Å². The second kappa shape index (κ2) is 5.43. The van der Waals surface area contributed by atoms with Crippen LogP contribution in [0.25, 0.3) is 0 Å². The fourth-order valence-corrected chi connectivity index (χ4v) is 1.82. The van der Waals surface area contributed by atoms with E-state index in [0.717, 1.165) is 11.3 Å². The molecule has 100 valence electrons. The summed E-state index contributed by atoms with van der Waals surface area (Å²) in [6.07, 6.45) is 1.64. The van der Waals surface area contributed by atoms with Gasteiger partial charge in [-0.1, -0.05) is 18.2 Å². The molecule has 2 N–H and O–H groups in total. The van der Waals surface area contributed by atoms with Crippen molar-refractivity contribution in [3.05, 3.63) is 41.7 Å². The van der Waals surface area contributed by atoms with E-state index < -0.39 is 5.97 Å². The van der Waals surface area contributed by atoms with E-state index in [-0.39, 0.29) is 5.69 Å². The van der Waals surface area contributed by atoms with Crippen molar-refractivity contribution in [2.24, 2.45) is 7.05 Å². The predicted molar refractivity (Wildman–Crippen MR) is 70.5 cm³/mol. The van der Waals surface area contributed by atoms with Crippen molar-refractivity contribution < 1.29 is 14.6 Å². The number of para-hydroxylation sites is 1. The monoisotopic (exact) mass is 261 g/mol. The molecule has 0 spiro atoms. The van der Waals surface area contributed by atoms with Crippen molar-refractivity contribution in [2.75, 3.05) is 12.4 Å². The number of hydrogen-bond donors (Lipinski definition) is 2. The summed E-state index contributed by atoms with van der Waals surface area (Å²) in [6, 6.07) is 7.57. The molecule has 1 aromatic heterocycles. The van der Waals surface area contributed by atoms with E-state index >= 15 is 0 Å². The van der Waals surface area contributed by atoms with E-state index in [4.69, 9.17) is 9.84 Å². The molecule has 0 saturated heterocycles. The first-order valence-corrected chi connectivity index (χ1v) is 5.74. The number of methoxy groups -OCH3 is 1. The number of aromatic nitrogens is 2. The molecule has 2 aromatic rings. The lowest BCUT2D eigenvalue weighted by Gasteiger charge is -2.09. The minimum atomic E-state index is -1.05. The Balaban J connectivity index is 2.16. The highest BCUT2D eigenvalue weighted by molar-refractivity contribution is 5.91. The zero-order valence-corrected chi connectivity index (χ0v) is 10.8. The van der Waals surface area contributed by atoms with E-state index in [9.17, 15) is 4.79 Å². The second-order valence-corrected chi connectivity index (χ2v) is 4.04. The molecule has 0 amide bonds. The fraction of sp³-hybridized carbons (Fsp3) is 0.231. The number of aryl methyl sites for hydroxylation is 1. The highest BCUT2D eigenvalue weighted by Crippen LogP contribution is 2.20. The number of carbonyl (C=O) groups is 1. The van der Waals surface area contributed by atoms with Crippen LogP contribution in [0.1, 0.15) is 16.1 Å². The normalized spacial score (nSPS) is 10.2. The molecule has 1 heterocycles. The fourth-order valence-electron chi connectivity index (χ4n) is 1.82. The molecular weight excluding hydrogens is 246 g/mol. The first-order chi connectivity index (χ1) is 9.11. The number of nitrogens with one attached hydrogen (secondary N) is 1. The van der Waals surface area contributed by atoms with Crippen molar-refractivity contribution in [1.29, 1.82) is 0 Å². The van der Waals surface area contributed by atoms with Crippen molar-refractivity contribution >= 4 is 11.7 Å². The van der Waals surface area contributed by atoms with Crippen LogP contribution in [0.15, 0.2) is 30.5 Å². The number of benzene rings is 1. The summed E-state index contributed by atoms with van der Waals surface area (Å²) in [6.45, 7) is 0.468. The summed E-state index contributed by atoms with van der Waals surface area (Å²) in [7, 11) is 3.28. The maximum atomic E-state index is 11.0. The van der Waals surface area contributed by atoms with Gasteiger partial charge < -0.3 is 15.2 Å². The average molecular weight is 261 g/mol. The largest absolute Gasteiger partial charge is 0.496 e. The number of hydrogen-bond acceptors (Lipinski definition) is 4. The zero-order valence-electron chi connectivity index (χ0n) is 10.8. The number of carboxylic acids is 1. The van der Waals surface area contributed by atoms with E-state index in [0.29, 0.717) is 12.2 Å². The third-order valence-corrected chi connectivity index (χ3v) is 2.69. The van der Waals surface area contributed by atoms with Crippen LogP contribution in [-0.4, -0.2) is 28.0 Å². The molecule has 1 aromatic carbocycles. The van der Waals surface area contributed by atoms with Gasteiger partial charge in [-0.15, -0.1) is 0 Å². The SMILES string of the molecule is COc1ccccc1CNc1cn(C)nc1C(=O)O. The van der Waals surface area contributed by atoms with Crippen molar-refractivity contribution in [3.63, 3.8) is 0 Å². The molecule has 6 nitrogen and oxygen atoms in total. The number of carboxylic acid groups (broad SMARTS) is 1.